The molecule has 1 aliphatic heterocycles. The number of benzene rings is 1. The Morgan fingerprint density at radius 3 is 3.05 bits per heavy atom. The highest BCUT2D eigenvalue weighted by molar-refractivity contribution is 7.12. The van der Waals surface area contributed by atoms with E-state index in [2.05, 4.69) is 37.0 Å². The third-order valence-electron chi connectivity index (χ3n) is 3.48. The van der Waals surface area contributed by atoms with Gasteiger partial charge in [0.1, 0.15) is 10.8 Å². The van der Waals surface area contributed by atoms with Gasteiger partial charge >= 0.3 is 0 Å². The van der Waals surface area contributed by atoms with Crippen molar-refractivity contribution in [1.82, 2.24) is 4.98 Å². The zero-order valence-corrected chi connectivity index (χ0v) is 11.8. The van der Waals surface area contributed by atoms with Gasteiger partial charge in [-0.3, -0.25) is 0 Å². The molecule has 1 aromatic carbocycles. The van der Waals surface area contributed by atoms with Crippen LogP contribution in [0.2, 0.25) is 0 Å². The van der Waals surface area contributed by atoms with Crippen LogP contribution in [0.1, 0.15) is 21.0 Å². The number of hydrogen-bond acceptors (Lipinski definition) is 4. The summed E-state index contributed by atoms with van der Waals surface area (Å²) in [6.45, 7) is 4.85. The molecule has 0 atom stereocenters. The summed E-state index contributed by atoms with van der Waals surface area (Å²) in [6.07, 6.45) is 1.25. The number of aromatic nitrogens is 1. The van der Waals surface area contributed by atoms with Crippen LogP contribution in [-0.2, 0) is 12.8 Å². The minimum atomic E-state index is 0.388. The van der Waals surface area contributed by atoms with Crippen LogP contribution in [0.25, 0.3) is 11.3 Å². The highest BCUT2D eigenvalue weighted by Gasteiger charge is 2.21. The first kappa shape index (κ1) is 12.2. The van der Waals surface area contributed by atoms with Crippen LogP contribution in [-0.4, -0.2) is 11.6 Å². The molecule has 2 aromatic rings. The minimum absolute atomic E-state index is 0.388. The summed E-state index contributed by atoms with van der Waals surface area (Å²) >= 11 is 1.63. The molecule has 19 heavy (non-hydrogen) atoms. The Morgan fingerprint density at radius 1 is 1.42 bits per heavy atom. The van der Waals surface area contributed by atoms with Gasteiger partial charge in [0.15, 0.2) is 0 Å². The fourth-order valence-corrected chi connectivity index (χ4v) is 3.33. The van der Waals surface area contributed by atoms with Crippen LogP contribution in [0.5, 0.6) is 5.75 Å². The molecule has 0 saturated heterocycles. The fourth-order valence-electron chi connectivity index (χ4n) is 2.33. The molecule has 3 nitrogen and oxygen atoms in total. The zero-order valence-electron chi connectivity index (χ0n) is 11.0. The van der Waals surface area contributed by atoms with Crippen LogP contribution >= 0.6 is 11.3 Å². The average molecular weight is 270 g/mol. The van der Waals surface area contributed by atoms with Gasteiger partial charge in [0.2, 0.25) is 0 Å². The smallest absolute Gasteiger partial charge is 0.131 e. The third kappa shape index (κ3) is 2.00. The second kappa shape index (κ2) is 4.67. The van der Waals surface area contributed by atoms with Crippen LogP contribution in [0, 0.1) is 25.2 Å². The van der Waals surface area contributed by atoms with E-state index in [4.69, 9.17) is 10.00 Å². The standard InChI is InChI=1S/C15H14N2OS/c1-9-3-4-11-14-12(19-13(17-14)5-7-16)6-8-18-15(11)10(9)2/h3-4H,5-6,8H2,1-2H3. The third-order valence-corrected chi connectivity index (χ3v) is 4.59. The van der Waals surface area contributed by atoms with Crippen molar-refractivity contribution >= 4 is 11.3 Å². The second-order valence-electron chi connectivity index (χ2n) is 4.70. The molecule has 1 aromatic heterocycles. The Hall–Kier alpha value is -1.86. The van der Waals surface area contributed by atoms with E-state index >= 15 is 0 Å². The zero-order chi connectivity index (χ0) is 13.4. The van der Waals surface area contributed by atoms with Crippen molar-refractivity contribution < 1.29 is 4.74 Å². The summed E-state index contributed by atoms with van der Waals surface area (Å²) in [7, 11) is 0. The van der Waals surface area contributed by atoms with Crippen molar-refractivity contribution in [2.75, 3.05) is 6.61 Å². The van der Waals surface area contributed by atoms with Gasteiger partial charge in [-0.25, -0.2) is 4.98 Å². The molecule has 0 amide bonds. The van der Waals surface area contributed by atoms with Crippen molar-refractivity contribution in [2.24, 2.45) is 0 Å². The van der Waals surface area contributed by atoms with Crippen LogP contribution in [0.4, 0.5) is 0 Å². The predicted molar refractivity (Wildman–Crippen MR) is 75.5 cm³/mol. The van der Waals surface area contributed by atoms with Gasteiger partial charge in [-0.1, -0.05) is 6.07 Å². The number of nitriles is 1. The molecule has 0 aliphatic carbocycles. The first-order valence-electron chi connectivity index (χ1n) is 6.29. The van der Waals surface area contributed by atoms with Crippen molar-refractivity contribution in [3.05, 3.63) is 33.1 Å². The number of hydrogen-bond donors (Lipinski definition) is 0. The summed E-state index contributed by atoms with van der Waals surface area (Å²) in [5.41, 5.74) is 4.48. The molecule has 3 rings (SSSR count). The molecule has 96 valence electrons. The SMILES string of the molecule is Cc1ccc2c(c1C)OCCc1sc(CC#N)nc1-2. The number of rotatable bonds is 1. The lowest BCUT2D eigenvalue weighted by molar-refractivity contribution is 0.325. The Labute approximate surface area is 116 Å². The predicted octanol–water partition coefficient (Wildman–Crippen LogP) is 3.43. The Balaban J connectivity index is 2.19. The molecule has 0 bridgehead atoms. The van der Waals surface area contributed by atoms with Crippen molar-refractivity contribution in [3.8, 4) is 23.1 Å². The number of aryl methyl sites for hydroxylation is 1. The summed E-state index contributed by atoms with van der Waals surface area (Å²) < 4.78 is 5.90. The Kier molecular flexibility index (Phi) is 3.00. The lowest BCUT2D eigenvalue weighted by Crippen LogP contribution is -2.00. The van der Waals surface area contributed by atoms with E-state index < -0.39 is 0 Å². The quantitative estimate of drug-likeness (QED) is 0.797. The lowest BCUT2D eigenvalue weighted by Gasteiger charge is -2.12. The van der Waals surface area contributed by atoms with Crippen LogP contribution in [0.15, 0.2) is 12.1 Å². The summed E-state index contributed by atoms with van der Waals surface area (Å²) in [6, 6.07) is 6.36. The topological polar surface area (TPSA) is 45.9 Å². The molecule has 0 saturated carbocycles. The van der Waals surface area contributed by atoms with Crippen LogP contribution < -0.4 is 4.74 Å². The Morgan fingerprint density at radius 2 is 2.26 bits per heavy atom. The maximum Gasteiger partial charge on any atom is 0.131 e. The number of nitrogens with zero attached hydrogens (tertiary/aromatic N) is 2. The van der Waals surface area contributed by atoms with Gasteiger partial charge in [0, 0.05) is 16.9 Å². The molecule has 2 heterocycles. The largest absolute Gasteiger partial charge is 0.492 e. The molecule has 0 radical (unpaired) electrons. The van der Waals surface area contributed by atoms with Gasteiger partial charge in [0.25, 0.3) is 0 Å². The summed E-state index contributed by atoms with van der Waals surface area (Å²) in [4.78, 5) is 5.86. The molecule has 0 N–H and O–H groups in total. The van der Waals surface area contributed by atoms with Crippen LogP contribution in [0.3, 0.4) is 0 Å². The first-order chi connectivity index (χ1) is 9.20. The van der Waals surface area contributed by atoms with Crippen molar-refractivity contribution in [1.29, 1.82) is 5.26 Å². The minimum Gasteiger partial charge on any atom is -0.492 e. The first-order valence-corrected chi connectivity index (χ1v) is 7.11. The van der Waals surface area contributed by atoms with Gasteiger partial charge in [-0.05, 0) is 31.0 Å². The maximum absolute atomic E-state index is 8.80. The van der Waals surface area contributed by atoms with E-state index in [-0.39, 0.29) is 0 Å². The van der Waals surface area contributed by atoms with E-state index in [9.17, 15) is 0 Å². The van der Waals surface area contributed by atoms with E-state index in [0.29, 0.717) is 13.0 Å². The average Bonchev–Trinajstić information content (AvgIpc) is 2.70. The normalized spacial score (nSPS) is 12.9. The van der Waals surface area contributed by atoms with E-state index in [1.165, 1.54) is 16.0 Å². The maximum atomic E-state index is 8.80. The van der Waals surface area contributed by atoms with E-state index in [1.807, 2.05) is 0 Å². The van der Waals surface area contributed by atoms with Gasteiger partial charge in [0.05, 0.1) is 24.8 Å². The molecule has 0 unspecified atom stereocenters. The van der Waals surface area contributed by atoms with Crippen molar-refractivity contribution in [2.45, 2.75) is 26.7 Å². The lowest BCUT2D eigenvalue weighted by atomic mass is 10.0. The van der Waals surface area contributed by atoms with E-state index in [0.717, 1.165) is 28.4 Å². The highest BCUT2D eigenvalue weighted by atomic mass is 32.1. The van der Waals surface area contributed by atoms with Crippen molar-refractivity contribution in [3.63, 3.8) is 0 Å². The van der Waals surface area contributed by atoms with Gasteiger partial charge in [-0.2, -0.15) is 5.26 Å². The molecular formula is C15H14N2OS. The number of thiazole rings is 1. The Bertz CT molecular complexity index is 682. The van der Waals surface area contributed by atoms with E-state index in [1.54, 1.807) is 11.3 Å². The van der Waals surface area contributed by atoms with Gasteiger partial charge in [-0.15, -0.1) is 11.3 Å². The molecular weight excluding hydrogens is 256 g/mol. The number of ether oxygens (including phenoxy) is 1. The second-order valence-corrected chi connectivity index (χ2v) is 5.87. The number of fused-ring (bicyclic) bond motifs is 3. The monoisotopic (exact) mass is 270 g/mol. The highest BCUT2D eigenvalue weighted by Crippen LogP contribution is 2.40. The molecule has 0 fully saturated rings. The molecule has 4 heteroatoms. The van der Waals surface area contributed by atoms with Gasteiger partial charge < -0.3 is 4.74 Å². The fraction of sp³-hybridized carbons (Fsp3) is 0.333. The summed E-state index contributed by atoms with van der Waals surface area (Å²) in [5.74, 6) is 0.951. The summed E-state index contributed by atoms with van der Waals surface area (Å²) in [5, 5.41) is 9.71. The molecule has 0 spiro atoms. The molecule has 1 aliphatic rings.